The van der Waals surface area contributed by atoms with Crippen molar-refractivity contribution in [3.63, 3.8) is 0 Å². The summed E-state index contributed by atoms with van der Waals surface area (Å²) in [5.41, 5.74) is -0.304. The number of nitrogens with one attached hydrogen (secondary N) is 1. The van der Waals surface area contributed by atoms with E-state index in [4.69, 9.17) is 0 Å². The fourth-order valence-corrected chi connectivity index (χ4v) is 4.39. The van der Waals surface area contributed by atoms with Gasteiger partial charge in [-0.1, -0.05) is 37.8 Å². The van der Waals surface area contributed by atoms with E-state index in [1.54, 1.807) is 6.07 Å². The van der Waals surface area contributed by atoms with E-state index in [9.17, 15) is 22.8 Å². The summed E-state index contributed by atoms with van der Waals surface area (Å²) in [5.74, 6) is 0.317. The minimum atomic E-state index is -4.41. The Morgan fingerprint density at radius 1 is 1.17 bits per heavy atom. The van der Waals surface area contributed by atoms with E-state index < -0.39 is 11.7 Å². The highest BCUT2D eigenvalue weighted by atomic mass is 19.4. The molecule has 1 N–H and O–H groups in total. The van der Waals surface area contributed by atoms with Gasteiger partial charge in [-0.3, -0.25) is 9.59 Å². The number of carbonyl (C=O) groups is 2. The van der Waals surface area contributed by atoms with Crippen molar-refractivity contribution in [3.8, 4) is 0 Å². The molecule has 160 valence electrons. The van der Waals surface area contributed by atoms with Gasteiger partial charge in [-0.05, 0) is 42.9 Å². The highest BCUT2D eigenvalue weighted by molar-refractivity contribution is 5.83. The van der Waals surface area contributed by atoms with Crippen LogP contribution in [0.5, 0.6) is 0 Å². The number of hydrogen-bond donors (Lipinski definition) is 1. The van der Waals surface area contributed by atoms with E-state index in [0.717, 1.165) is 30.9 Å². The van der Waals surface area contributed by atoms with E-state index >= 15 is 0 Å². The number of nitrogens with zero attached hydrogens (tertiary/aromatic N) is 1. The van der Waals surface area contributed by atoms with E-state index in [2.05, 4.69) is 5.32 Å². The molecule has 1 aliphatic carbocycles. The molecule has 7 heteroatoms. The number of likely N-dealkylation sites (tertiary alicyclic amines) is 1. The number of benzene rings is 1. The molecule has 1 saturated heterocycles. The van der Waals surface area contributed by atoms with Gasteiger partial charge < -0.3 is 10.2 Å². The Morgan fingerprint density at radius 2 is 1.93 bits per heavy atom. The summed E-state index contributed by atoms with van der Waals surface area (Å²) >= 11 is 0. The molecular formula is C22H29F3N2O2. The zero-order valence-electron chi connectivity index (χ0n) is 16.6. The first-order valence-electron chi connectivity index (χ1n) is 10.5. The average molecular weight is 410 g/mol. The van der Waals surface area contributed by atoms with Crippen molar-refractivity contribution in [1.82, 2.24) is 10.2 Å². The lowest BCUT2D eigenvalue weighted by Gasteiger charge is -2.32. The first kappa shape index (κ1) is 21.7. The fraction of sp³-hybridized carbons (Fsp3) is 0.636. The first-order chi connectivity index (χ1) is 13.8. The van der Waals surface area contributed by atoms with Crippen LogP contribution >= 0.6 is 0 Å². The van der Waals surface area contributed by atoms with Crippen molar-refractivity contribution in [2.45, 2.75) is 64.1 Å². The van der Waals surface area contributed by atoms with Crippen LogP contribution in [0, 0.1) is 11.8 Å². The summed E-state index contributed by atoms with van der Waals surface area (Å²) in [4.78, 5) is 26.2. The summed E-state index contributed by atoms with van der Waals surface area (Å²) in [6.07, 6.45) is 3.66. The van der Waals surface area contributed by atoms with Gasteiger partial charge in [-0.15, -0.1) is 0 Å². The van der Waals surface area contributed by atoms with Crippen LogP contribution in [0.2, 0.25) is 0 Å². The van der Waals surface area contributed by atoms with Gasteiger partial charge in [0.25, 0.3) is 0 Å². The van der Waals surface area contributed by atoms with Crippen molar-refractivity contribution >= 4 is 11.8 Å². The Bertz CT molecular complexity index is 714. The minimum Gasteiger partial charge on any atom is -0.356 e. The van der Waals surface area contributed by atoms with E-state index in [1.165, 1.54) is 36.6 Å². The Kier molecular flexibility index (Phi) is 7.19. The molecule has 0 aromatic heterocycles. The highest BCUT2D eigenvalue weighted by Crippen LogP contribution is 2.30. The molecule has 1 atom stereocenters. The molecule has 2 fully saturated rings. The molecule has 0 spiro atoms. The van der Waals surface area contributed by atoms with Crippen molar-refractivity contribution in [2.75, 3.05) is 13.1 Å². The fourth-order valence-electron chi connectivity index (χ4n) is 4.39. The summed E-state index contributed by atoms with van der Waals surface area (Å²) in [6, 6.07) is 5.01. The third-order valence-electron chi connectivity index (χ3n) is 6.06. The molecule has 2 aliphatic rings. The first-order valence-corrected chi connectivity index (χ1v) is 10.5. The number of rotatable bonds is 7. The van der Waals surface area contributed by atoms with Crippen LogP contribution < -0.4 is 5.32 Å². The number of amides is 2. The van der Waals surface area contributed by atoms with Crippen LogP contribution in [0.25, 0.3) is 0 Å². The largest absolute Gasteiger partial charge is 0.416 e. The molecule has 1 saturated carbocycles. The monoisotopic (exact) mass is 410 g/mol. The summed E-state index contributed by atoms with van der Waals surface area (Å²) in [7, 11) is 0. The van der Waals surface area contributed by atoms with Crippen molar-refractivity contribution in [3.05, 3.63) is 35.4 Å². The van der Waals surface area contributed by atoms with Crippen LogP contribution in [0.4, 0.5) is 13.2 Å². The summed E-state index contributed by atoms with van der Waals surface area (Å²) < 4.78 is 38.7. The lowest BCUT2D eigenvalue weighted by Crippen LogP contribution is -2.45. The van der Waals surface area contributed by atoms with Crippen LogP contribution in [0.1, 0.15) is 62.5 Å². The molecule has 1 heterocycles. The van der Waals surface area contributed by atoms with Gasteiger partial charge in [0, 0.05) is 26.1 Å². The Morgan fingerprint density at radius 3 is 2.66 bits per heavy atom. The van der Waals surface area contributed by atoms with Gasteiger partial charge in [0.2, 0.25) is 11.8 Å². The predicted molar refractivity (Wildman–Crippen MR) is 104 cm³/mol. The summed E-state index contributed by atoms with van der Waals surface area (Å²) in [5, 5.41) is 2.98. The van der Waals surface area contributed by atoms with Crippen molar-refractivity contribution < 1.29 is 22.8 Å². The number of halogens is 3. The Labute approximate surface area is 169 Å². The molecule has 0 bridgehead atoms. The topological polar surface area (TPSA) is 49.4 Å². The number of hydrogen-bond acceptors (Lipinski definition) is 2. The molecule has 4 nitrogen and oxygen atoms in total. The lowest BCUT2D eigenvalue weighted by atomic mass is 9.95. The second-order valence-corrected chi connectivity index (χ2v) is 8.29. The third-order valence-corrected chi connectivity index (χ3v) is 6.06. The van der Waals surface area contributed by atoms with Gasteiger partial charge in [-0.25, -0.2) is 0 Å². The molecule has 29 heavy (non-hydrogen) atoms. The SMILES string of the molecule is O=C(NCCCC1CCCC1)C1CCC(=O)N(Cc2cccc(C(F)(F)F)c2)C1. The highest BCUT2D eigenvalue weighted by Gasteiger charge is 2.32. The Balaban J connectivity index is 1.49. The van der Waals surface area contributed by atoms with Crippen LogP contribution in [0.3, 0.4) is 0 Å². The van der Waals surface area contributed by atoms with Crippen molar-refractivity contribution in [1.29, 1.82) is 0 Å². The Hall–Kier alpha value is -2.05. The van der Waals surface area contributed by atoms with Crippen LogP contribution in [-0.4, -0.2) is 29.8 Å². The van der Waals surface area contributed by atoms with Gasteiger partial charge in [0.15, 0.2) is 0 Å². The second kappa shape index (κ2) is 9.63. The maximum absolute atomic E-state index is 12.9. The van der Waals surface area contributed by atoms with Gasteiger partial charge in [0.05, 0.1) is 11.5 Å². The number of piperidine rings is 1. The molecule has 2 amide bonds. The summed E-state index contributed by atoms with van der Waals surface area (Å²) in [6.45, 7) is 0.991. The standard InChI is InChI=1S/C22H29F3N2O2/c23-22(24,25)19-9-3-7-17(13-19)14-27-15-18(10-11-20(27)28)21(29)26-12-4-8-16-5-1-2-6-16/h3,7,9,13,16,18H,1-2,4-6,8,10-12,14-15H2,(H,26,29). The molecular weight excluding hydrogens is 381 g/mol. The second-order valence-electron chi connectivity index (χ2n) is 8.29. The average Bonchev–Trinajstić information content (AvgIpc) is 3.20. The van der Waals surface area contributed by atoms with E-state index in [1.807, 2.05) is 0 Å². The van der Waals surface area contributed by atoms with Gasteiger partial charge >= 0.3 is 6.18 Å². The smallest absolute Gasteiger partial charge is 0.356 e. The van der Waals surface area contributed by atoms with Crippen molar-refractivity contribution in [2.24, 2.45) is 11.8 Å². The molecule has 0 radical (unpaired) electrons. The molecule has 1 unspecified atom stereocenters. The zero-order valence-corrected chi connectivity index (χ0v) is 16.6. The van der Waals surface area contributed by atoms with Gasteiger partial charge in [-0.2, -0.15) is 13.2 Å². The predicted octanol–water partition coefficient (Wildman–Crippen LogP) is 4.53. The maximum atomic E-state index is 12.9. The minimum absolute atomic E-state index is 0.0574. The maximum Gasteiger partial charge on any atom is 0.416 e. The van der Waals surface area contributed by atoms with Crippen LogP contribution in [-0.2, 0) is 22.3 Å². The molecule has 3 rings (SSSR count). The van der Waals surface area contributed by atoms with Gasteiger partial charge in [0.1, 0.15) is 0 Å². The quantitative estimate of drug-likeness (QED) is 0.672. The van der Waals surface area contributed by atoms with E-state index in [-0.39, 0.29) is 37.2 Å². The molecule has 1 aliphatic heterocycles. The van der Waals surface area contributed by atoms with E-state index in [0.29, 0.717) is 18.5 Å². The molecule has 1 aromatic rings. The zero-order chi connectivity index (χ0) is 20.9. The lowest BCUT2D eigenvalue weighted by molar-refractivity contribution is -0.139. The normalized spacial score (nSPS) is 20.9. The number of alkyl halides is 3. The molecule has 1 aromatic carbocycles. The van der Waals surface area contributed by atoms with Crippen LogP contribution in [0.15, 0.2) is 24.3 Å². The number of carbonyl (C=O) groups excluding carboxylic acids is 2. The third kappa shape index (κ3) is 6.21.